The molecule has 0 fully saturated rings. The molecule has 8 heavy (non-hydrogen) atoms. The topological polar surface area (TPSA) is 17.1 Å². The molecule has 1 rings (SSSR count). The van der Waals surface area contributed by atoms with Gasteiger partial charge in [-0.3, -0.25) is 4.79 Å². The predicted octanol–water partition coefficient (Wildman–Crippen LogP) is 1.28. The zero-order chi connectivity index (χ0) is 5.98. The van der Waals surface area contributed by atoms with Crippen LogP contribution in [0.2, 0.25) is 0 Å². The van der Waals surface area contributed by atoms with E-state index in [0.717, 1.165) is 12.8 Å². The first-order chi connectivity index (χ1) is 3.80. The minimum atomic E-state index is 0.0197. The standard InChI is InChI=1S/C6H6OS/c7-5-3-1-2-4-6(5)8/h1,3H,2,4H2. The summed E-state index contributed by atoms with van der Waals surface area (Å²) in [5.74, 6) is 0.0197. The van der Waals surface area contributed by atoms with Crippen LogP contribution in [-0.4, -0.2) is 10.6 Å². The molecule has 1 nitrogen and oxygen atoms in total. The lowest BCUT2D eigenvalue weighted by molar-refractivity contribution is -0.108. The van der Waals surface area contributed by atoms with Crippen LogP contribution in [0.3, 0.4) is 0 Å². The predicted molar refractivity (Wildman–Crippen MR) is 36.0 cm³/mol. The van der Waals surface area contributed by atoms with Crippen LogP contribution >= 0.6 is 12.2 Å². The number of thiocarbonyl (C=S) groups is 1. The molecule has 0 unspecified atom stereocenters. The summed E-state index contributed by atoms with van der Waals surface area (Å²) in [5, 5.41) is 0. The van der Waals surface area contributed by atoms with Gasteiger partial charge >= 0.3 is 0 Å². The molecule has 0 N–H and O–H groups in total. The van der Waals surface area contributed by atoms with Crippen molar-refractivity contribution in [1.29, 1.82) is 0 Å². The first kappa shape index (κ1) is 5.63. The Hall–Kier alpha value is -0.500. The molecule has 0 aromatic carbocycles. The highest BCUT2D eigenvalue weighted by molar-refractivity contribution is 7.82. The Bertz CT molecular complexity index is 158. The van der Waals surface area contributed by atoms with E-state index in [1.54, 1.807) is 6.08 Å². The van der Waals surface area contributed by atoms with Gasteiger partial charge in [0.25, 0.3) is 0 Å². The van der Waals surface area contributed by atoms with Crippen LogP contribution < -0.4 is 0 Å². The van der Waals surface area contributed by atoms with Crippen LogP contribution in [0.25, 0.3) is 0 Å². The molecule has 0 radical (unpaired) electrons. The second-order valence-corrected chi connectivity index (χ2v) is 2.22. The van der Waals surface area contributed by atoms with E-state index >= 15 is 0 Å². The zero-order valence-corrected chi connectivity index (χ0v) is 5.20. The van der Waals surface area contributed by atoms with Crippen molar-refractivity contribution >= 4 is 22.9 Å². The van der Waals surface area contributed by atoms with Gasteiger partial charge in [-0.15, -0.1) is 0 Å². The highest BCUT2D eigenvalue weighted by atomic mass is 32.1. The molecule has 1 aliphatic carbocycles. The molecule has 0 aromatic rings. The van der Waals surface area contributed by atoms with E-state index in [0.29, 0.717) is 4.86 Å². The van der Waals surface area contributed by atoms with Crippen molar-refractivity contribution in [2.24, 2.45) is 0 Å². The highest BCUT2D eigenvalue weighted by Gasteiger charge is 2.07. The van der Waals surface area contributed by atoms with E-state index in [1.807, 2.05) is 6.08 Å². The maximum Gasteiger partial charge on any atom is 0.192 e. The van der Waals surface area contributed by atoms with Crippen molar-refractivity contribution in [3.05, 3.63) is 12.2 Å². The average molecular weight is 126 g/mol. The van der Waals surface area contributed by atoms with Gasteiger partial charge in [0.05, 0.1) is 4.86 Å². The van der Waals surface area contributed by atoms with E-state index in [-0.39, 0.29) is 5.78 Å². The molecule has 0 amide bonds. The highest BCUT2D eigenvalue weighted by Crippen LogP contribution is 2.03. The Morgan fingerprint density at radius 3 is 2.75 bits per heavy atom. The molecule has 1 aliphatic rings. The summed E-state index contributed by atoms with van der Waals surface area (Å²) in [6.45, 7) is 0. The van der Waals surface area contributed by atoms with Crippen LogP contribution in [-0.2, 0) is 4.79 Å². The smallest absolute Gasteiger partial charge is 0.192 e. The van der Waals surface area contributed by atoms with Gasteiger partial charge in [0.1, 0.15) is 0 Å². The third-order valence-corrected chi connectivity index (χ3v) is 1.49. The summed E-state index contributed by atoms with van der Waals surface area (Å²) in [5.41, 5.74) is 0. The second kappa shape index (κ2) is 2.18. The third-order valence-electron chi connectivity index (χ3n) is 1.08. The van der Waals surface area contributed by atoms with Crippen molar-refractivity contribution in [3.63, 3.8) is 0 Å². The maximum atomic E-state index is 10.6. The average Bonchev–Trinajstić information content (AvgIpc) is 1.77. The van der Waals surface area contributed by atoms with Gasteiger partial charge in [-0.05, 0) is 18.9 Å². The molecule has 0 spiro atoms. The molecule has 0 bridgehead atoms. The first-order valence-electron chi connectivity index (χ1n) is 2.54. The first-order valence-corrected chi connectivity index (χ1v) is 2.95. The molecule has 0 aliphatic heterocycles. The molecule has 0 saturated heterocycles. The van der Waals surface area contributed by atoms with E-state index in [4.69, 9.17) is 12.2 Å². The quantitative estimate of drug-likeness (QED) is 0.455. The number of ketones is 1. The van der Waals surface area contributed by atoms with Crippen LogP contribution in [0.4, 0.5) is 0 Å². The van der Waals surface area contributed by atoms with E-state index in [2.05, 4.69) is 0 Å². The van der Waals surface area contributed by atoms with Gasteiger partial charge in [0, 0.05) is 0 Å². The molecule has 42 valence electrons. The lowest BCUT2D eigenvalue weighted by Gasteiger charge is -2.00. The van der Waals surface area contributed by atoms with Crippen LogP contribution in [0.1, 0.15) is 12.8 Å². The summed E-state index contributed by atoms with van der Waals surface area (Å²) in [6, 6.07) is 0. The fraction of sp³-hybridized carbons (Fsp3) is 0.333. The minimum absolute atomic E-state index is 0.0197. The normalized spacial score (nSPS) is 19.5. The molecule has 0 aromatic heterocycles. The maximum absolute atomic E-state index is 10.6. The van der Waals surface area contributed by atoms with Crippen LogP contribution in [0.15, 0.2) is 12.2 Å². The second-order valence-electron chi connectivity index (χ2n) is 1.73. The molecule has 0 saturated carbocycles. The summed E-state index contributed by atoms with van der Waals surface area (Å²) >= 11 is 4.73. The Balaban J connectivity index is 2.75. The number of hydrogen-bond donors (Lipinski definition) is 0. The van der Waals surface area contributed by atoms with Gasteiger partial charge in [-0.2, -0.15) is 0 Å². The fourth-order valence-electron chi connectivity index (χ4n) is 0.621. The van der Waals surface area contributed by atoms with Crippen molar-refractivity contribution in [3.8, 4) is 0 Å². The van der Waals surface area contributed by atoms with E-state index < -0.39 is 0 Å². The van der Waals surface area contributed by atoms with Gasteiger partial charge < -0.3 is 0 Å². The largest absolute Gasteiger partial charge is 0.289 e. The lowest BCUT2D eigenvalue weighted by Crippen LogP contribution is -2.10. The van der Waals surface area contributed by atoms with Gasteiger partial charge in [-0.1, -0.05) is 18.3 Å². The third kappa shape index (κ3) is 1.01. The van der Waals surface area contributed by atoms with Crippen molar-refractivity contribution in [2.75, 3.05) is 0 Å². The minimum Gasteiger partial charge on any atom is -0.289 e. The summed E-state index contributed by atoms with van der Waals surface area (Å²) < 4.78 is 0. The van der Waals surface area contributed by atoms with E-state index in [9.17, 15) is 4.79 Å². The van der Waals surface area contributed by atoms with Gasteiger partial charge in [-0.25, -0.2) is 0 Å². The lowest BCUT2D eigenvalue weighted by atomic mass is 10.1. The summed E-state index contributed by atoms with van der Waals surface area (Å²) in [6.07, 6.45) is 5.11. The summed E-state index contributed by atoms with van der Waals surface area (Å²) in [7, 11) is 0. The number of hydrogen-bond acceptors (Lipinski definition) is 2. The van der Waals surface area contributed by atoms with Crippen molar-refractivity contribution < 1.29 is 4.79 Å². The zero-order valence-electron chi connectivity index (χ0n) is 4.39. The van der Waals surface area contributed by atoms with Crippen molar-refractivity contribution in [2.45, 2.75) is 12.8 Å². The monoisotopic (exact) mass is 126 g/mol. The molecule has 2 heteroatoms. The van der Waals surface area contributed by atoms with Crippen molar-refractivity contribution in [1.82, 2.24) is 0 Å². The number of carbonyl (C=O) groups is 1. The van der Waals surface area contributed by atoms with Gasteiger partial charge in [0.15, 0.2) is 5.78 Å². The van der Waals surface area contributed by atoms with Gasteiger partial charge in [0.2, 0.25) is 0 Å². The molecule has 0 atom stereocenters. The molecule has 0 heterocycles. The van der Waals surface area contributed by atoms with Crippen LogP contribution in [0.5, 0.6) is 0 Å². The van der Waals surface area contributed by atoms with E-state index in [1.165, 1.54) is 0 Å². The number of carbonyl (C=O) groups excluding carboxylic acids is 1. The number of allylic oxidation sites excluding steroid dienone is 2. The van der Waals surface area contributed by atoms with Crippen LogP contribution in [0, 0.1) is 0 Å². The summed E-state index contributed by atoms with van der Waals surface area (Å²) in [4.78, 5) is 11.1. The molecular weight excluding hydrogens is 120 g/mol. The molecular formula is C6H6OS. The number of rotatable bonds is 0. The Labute approximate surface area is 53.4 Å². The Kier molecular flexibility index (Phi) is 1.53. The Morgan fingerprint density at radius 1 is 1.62 bits per heavy atom. The fourth-order valence-corrected chi connectivity index (χ4v) is 0.807. The Morgan fingerprint density at radius 2 is 2.38 bits per heavy atom. The SMILES string of the molecule is O=C1C=CCCC1=S.